The zero-order chi connectivity index (χ0) is 17.2. The van der Waals surface area contributed by atoms with Crippen molar-refractivity contribution in [2.24, 2.45) is 5.73 Å². The molecule has 23 heavy (non-hydrogen) atoms. The van der Waals surface area contributed by atoms with Gasteiger partial charge in [-0.25, -0.2) is 4.98 Å². The van der Waals surface area contributed by atoms with Crippen molar-refractivity contribution in [2.45, 2.75) is 24.9 Å². The zero-order valence-electron chi connectivity index (χ0n) is 11.8. The molecule has 1 aliphatic heterocycles. The van der Waals surface area contributed by atoms with Gasteiger partial charge in [0.05, 0.1) is 11.3 Å². The standard InChI is InChI=1S/C13H14ClF3N4O2/c14-8-9(6-1-3-23-4-2-6)20-11(21-12(8)22)7(5-18)10(19)13(15,16)17/h5-6,19H,1-4,18H2,(H,20,21,22). The minimum absolute atomic E-state index is 0.171. The number of rotatable bonds is 3. The Morgan fingerprint density at radius 2 is 2.04 bits per heavy atom. The van der Waals surface area contributed by atoms with E-state index in [-0.39, 0.29) is 16.6 Å². The topological polar surface area (TPSA) is 105 Å². The van der Waals surface area contributed by atoms with Crippen LogP contribution < -0.4 is 11.3 Å². The van der Waals surface area contributed by atoms with E-state index in [1.807, 2.05) is 0 Å². The molecular weight excluding hydrogens is 337 g/mol. The van der Waals surface area contributed by atoms with Gasteiger partial charge >= 0.3 is 6.18 Å². The summed E-state index contributed by atoms with van der Waals surface area (Å²) >= 11 is 5.94. The van der Waals surface area contributed by atoms with Gasteiger partial charge in [-0.05, 0) is 12.8 Å². The molecule has 0 aliphatic carbocycles. The Morgan fingerprint density at radius 3 is 2.57 bits per heavy atom. The first-order valence-electron chi connectivity index (χ1n) is 6.71. The molecule has 126 valence electrons. The van der Waals surface area contributed by atoms with Gasteiger partial charge in [-0.3, -0.25) is 10.2 Å². The van der Waals surface area contributed by atoms with Crippen molar-refractivity contribution in [2.75, 3.05) is 13.2 Å². The van der Waals surface area contributed by atoms with Crippen molar-refractivity contribution in [3.63, 3.8) is 0 Å². The molecular formula is C13H14ClF3N4O2. The lowest BCUT2D eigenvalue weighted by Crippen LogP contribution is -2.27. The fourth-order valence-electron chi connectivity index (χ4n) is 2.28. The molecule has 1 saturated heterocycles. The van der Waals surface area contributed by atoms with Crippen molar-refractivity contribution in [3.8, 4) is 0 Å². The maximum atomic E-state index is 12.7. The van der Waals surface area contributed by atoms with Crippen LogP contribution in [0, 0.1) is 5.41 Å². The molecule has 1 fully saturated rings. The first kappa shape index (κ1) is 17.5. The largest absolute Gasteiger partial charge is 0.433 e. The SMILES string of the molecule is N=C(C(=CN)c1nc(C2CCOCC2)c(Cl)c(=O)[nH]1)C(F)(F)F. The second-order valence-corrected chi connectivity index (χ2v) is 5.33. The monoisotopic (exact) mass is 350 g/mol. The maximum absolute atomic E-state index is 12.7. The van der Waals surface area contributed by atoms with E-state index in [1.165, 1.54) is 0 Å². The Hall–Kier alpha value is -1.87. The number of alkyl halides is 3. The van der Waals surface area contributed by atoms with Crippen LogP contribution in [0.1, 0.15) is 30.3 Å². The van der Waals surface area contributed by atoms with Gasteiger partial charge in [0.25, 0.3) is 5.56 Å². The van der Waals surface area contributed by atoms with Crippen molar-refractivity contribution < 1.29 is 17.9 Å². The average molecular weight is 351 g/mol. The summed E-state index contributed by atoms with van der Waals surface area (Å²) in [6.45, 7) is 0.894. The van der Waals surface area contributed by atoms with E-state index in [0.717, 1.165) is 0 Å². The average Bonchev–Trinajstić information content (AvgIpc) is 2.51. The molecule has 10 heteroatoms. The Bertz CT molecular complexity index is 693. The van der Waals surface area contributed by atoms with Crippen LogP contribution in [0.4, 0.5) is 13.2 Å². The van der Waals surface area contributed by atoms with Crippen LogP contribution in [0.5, 0.6) is 0 Å². The van der Waals surface area contributed by atoms with Crippen LogP contribution in [0.3, 0.4) is 0 Å². The highest BCUT2D eigenvalue weighted by Gasteiger charge is 2.38. The molecule has 1 aliphatic rings. The normalized spacial score (nSPS) is 17.3. The van der Waals surface area contributed by atoms with E-state index >= 15 is 0 Å². The minimum Gasteiger partial charge on any atom is -0.404 e. The smallest absolute Gasteiger partial charge is 0.404 e. The second-order valence-electron chi connectivity index (χ2n) is 4.95. The van der Waals surface area contributed by atoms with E-state index in [9.17, 15) is 18.0 Å². The molecule has 1 aromatic heterocycles. The number of aromatic amines is 1. The molecule has 0 spiro atoms. The van der Waals surface area contributed by atoms with Gasteiger partial charge in [0.1, 0.15) is 16.6 Å². The third-order valence-corrected chi connectivity index (χ3v) is 3.84. The van der Waals surface area contributed by atoms with E-state index in [1.54, 1.807) is 0 Å². The Balaban J connectivity index is 2.49. The number of aromatic nitrogens is 2. The summed E-state index contributed by atoms with van der Waals surface area (Å²) in [6.07, 6.45) is -3.22. The van der Waals surface area contributed by atoms with Gasteiger partial charge in [-0.15, -0.1) is 0 Å². The Labute approximate surface area is 134 Å². The lowest BCUT2D eigenvalue weighted by molar-refractivity contribution is -0.0578. The first-order valence-corrected chi connectivity index (χ1v) is 7.09. The number of H-pyrrole nitrogens is 1. The highest BCUT2D eigenvalue weighted by molar-refractivity contribution is 6.31. The Morgan fingerprint density at radius 1 is 1.43 bits per heavy atom. The number of halogens is 4. The molecule has 2 heterocycles. The number of ether oxygens (including phenoxy) is 1. The molecule has 0 bridgehead atoms. The third-order valence-electron chi connectivity index (χ3n) is 3.47. The summed E-state index contributed by atoms with van der Waals surface area (Å²) in [6, 6.07) is 0. The molecule has 0 aromatic carbocycles. The molecule has 0 saturated carbocycles. The van der Waals surface area contributed by atoms with Gasteiger partial charge in [-0.2, -0.15) is 13.2 Å². The lowest BCUT2D eigenvalue weighted by Gasteiger charge is -2.22. The Kier molecular flexibility index (Phi) is 5.10. The quantitative estimate of drug-likeness (QED) is 0.727. The van der Waals surface area contributed by atoms with E-state index in [4.69, 9.17) is 27.5 Å². The maximum Gasteiger partial charge on any atom is 0.433 e. The van der Waals surface area contributed by atoms with Crippen LogP contribution in [0.15, 0.2) is 11.0 Å². The first-order chi connectivity index (χ1) is 10.8. The van der Waals surface area contributed by atoms with E-state index < -0.39 is 28.8 Å². The van der Waals surface area contributed by atoms with Crippen LogP contribution in [-0.2, 0) is 4.74 Å². The van der Waals surface area contributed by atoms with Crippen molar-refractivity contribution >= 4 is 22.9 Å². The number of hydrogen-bond acceptors (Lipinski definition) is 5. The fourth-order valence-corrected chi connectivity index (χ4v) is 2.52. The fraction of sp³-hybridized carbons (Fsp3) is 0.462. The summed E-state index contributed by atoms with van der Waals surface area (Å²) in [7, 11) is 0. The summed E-state index contributed by atoms with van der Waals surface area (Å²) in [4.78, 5) is 18.1. The predicted octanol–water partition coefficient (Wildman–Crippen LogP) is 2.20. The zero-order valence-corrected chi connectivity index (χ0v) is 12.6. The number of nitrogens with two attached hydrogens (primary N) is 1. The second kappa shape index (κ2) is 6.71. The summed E-state index contributed by atoms with van der Waals surface area (Å²) in [5.74, 6) is -0.623. The molecule has 0 amide bonds. The van der Waals surface area contributed by atoms with Gasteiger partial charge < -0.3 is 15.5 Å². The van der Waals surface area contributed by atoms with Crippen LogP contribution >= 0.6 is 11.6 Å². The van der Waals surface area contributed by atoms with Crippen LogP contribution in [0.25, 0.3) is 5.57 Å². The summed E-state index contributed by atoms with van der Waals surface area (Å²) < 4.78 is 43.4. The minimum atomic E-state index is -4.91. The molecule has 1 aromatic rings. The molecule has 4 N–H and O–H groups in total. The summed E-state index contributed by atoms with van der Waals surface area (Å²) in [5, 5.41) is 7.01. The molecule has 0 unspecified atom stereocenters. The summed E-state index contributed by atoms with van der Waals surface area (Å²) in [5.41, 5.74) is 2.23. The van der Waals surface area contributed by atoms with Gasteiger partial charge in [0.15, 0.2) is 0 Å². The lowest BCUT2D eigenvalue weighted by atomic mass is 9.96. The number of nitrogens with one attached hydrogen (secondary N) is 2. The number of hydrogen-bond donors (Lipinski definition) is 3. The number of allylic oxidation sites excluding steroid dienone is 1. The predicted molar refractivity (Wildman–Crippen MR) is 78.6 cm³/mol. The molecule has 2 rings (SSSR count). The third kappa shape index (κ3) is 3.73. The van der Waals surface area contributed by atoms with Crippen LogP contribution in [0.2, 0.25) is 5.02 Å². The van der Waals surface area contributed by atoms with Gasteiger partial charge in [-0.1, -0.05) is 11.6 Å². The number of nitrogens with zero attached hydrogens (tertiary/aromatic N) is 1. The van der Waals surface area contributed by atoms with Crippen molar-refractivity contribution in [1.82, 2.24) is 9.97 Å². The van der Waals surface area contributed by atoms with Crippen LogP contribution in [-0.4, -0.2) is 35.1 Å². The van der Waals surface area contributed by atoms with Crippen molar-refractivity contribution in [3.05, 3.63) is 33.1 Å². The molecule has 0 radical (unpaired) electrons. The van der Waals surface area contributed by atoms with E-state index in [0.29, 0.717) is 32.3 Å². The van der Waals surface area contributed by atoms with Gasteiger partial charge in [0, 0.05) is 25.3 Å². The highest BCUT2D eigenvalue weighted by Crippen LogP contribution is 2.30. The molecule has 6 nitrogen and oxygen atoms in total. The molecule has 0 atom stereocenters. The van der Waals surface area contributed by atoms with E-state index in [2.05, 4.69) is 9.97 Å². The highest BCUT2D eigenvalue weighted by atomic mass is 35.5. The van der Waals surface area contributed by atoms with Gasteiger partial charge in [0.2, 0.25) is 0 Å². The van der Waals surface area contributed by atoms with Crippen molar-refractivity contribution in [1.29, 1.82) is 5.41 Å².